The van der Waals surface area contributed by atoms with Gasteiger partial charge in [0.25, 0.3) is 0 Å². The standard InChI is InChI=1S/C25H22N2O3S/c1-17-2-9-21(10-3-17)31(29,30)27-13-12-25-23(15-27)22-14-20(8-11-24(22)26-25)19-6-4-18(16-28)5-7-19/h2-11,14,16,26H,12-13,15H2,1H3. The molecule has 0 saturated carbocycles. The SMILES string of the molecule is Cc1ccc(S(=O)(=O)N2CCc3[nH]c4ccc(-c5ccc(C=O)cc5)cc4c3C2)cc1. The first-order valence-corrected chi connectivity index (χ1v) is 11.7. The summed E-state index contributed by atoms with van der Waals surface area (Å²) in [5, 5.41) is 1.04. The molecule has 0 radical (unpaired) electrons. The van der Waals surface area contributed by atoms with E-state index in [9.17, 15) is 13.2 Å². The molecule has 156 valence electrons. The number of carbonyl (C=O) groups excluding carboxylic acids is 1. The number of H-pyrrole nitrogens is 1. The van der Waals surface area contributed by atoms with Crippen molar-refractivity contribution in [3.05, 3.63) is 89.1 Å². The molecule has 0 amide bonds. The number of aromatic amines is 1. The molecule has 1 aliphatic rings. The van der Waals surface area contributed by atoms with E-state index in [0.717, 1.165) is 45.1 Å². The van der Waals surface area contributed by atoms with E-state index in [2.05, 4.69) is 11.1 Å². The molecule has 3 aromatic carbocycles. The molecule has 5 nitrogen and oxygen atoms in total. The number of nitrogens with one attached hydrogen (secondary N) is 1. The van der Waals surface area contributed by atoms with Crippen molar-refractivity contribution in [2.45, 2.75) is 24.8 Å². The topological polar surface area (TPSA) is 70.2 Å². The Morgan fingerprint density at radius 3 is 2.35 bits per heavy atom. The van der Waals surface area contributed by atoms with Crippen LogP contribution >= 0.6 is 0 Å². The predicted octanol–water partition coefficient (Wildman–Crippen LogP) is 4.70. The van der Waals surface area contributed by atoms with Crippen molar-refractivity contribution in [3.8, 4) is 11.1 Å². The highest BCUT2D eigenvalue weighted by molar-refractivity contribution is 7.89. The molecule has 6 heteroatoms. The Morgan fingerprint density at radius 1 is 0.935 bits per heavy atom. The minimum Gasteiger partial charge on any atom is -0.358 e. The highest BCUT2D eigenvalue weighted by Crippen LogP contribution is 2.33. The second kappa shape index (κ2) is 7.48. The maximum atomic E-state index is 13.2. The first-order chi connectivity index (χ1) is 15.0. The monoisotopic (exact) mass is 430 g/mol. The lowest BCUT2D eigenvalue weighted by Gasteiger charge is -2.26. The fourth-order valence-electron chi connectivity index (χ4n) is 4.19. The summed E-state index contributed by atoms with van der Waals surface area (Å²) in [4.78, 5) is 14.7. The number of aryl methyl sites for hydroxylation is 1. The largest absolute Gasteiger partial charge is 0.358 e. The van der Waals surface area contributed by atoms with Gasteiger partial charge in [0.15, 0.2) is 0 Å². The number of hydrogen-bond donors (Lipinski definition) is 1. The molecular formula is C25H22N2O3S. The number of carbonyl (C=O) groups is 1. The van der Waals surface area contributed by atoms with E-state index in [-0.39, 0.29) is 0 Å². The maximum Gasteiger partial charge on any atom is 0.243 e. The number of fused-ring (bicyclic) bond motifs is 3. The van der Waals surface area contributed by atoms with Crippen LogP contribution < -0.4 is 0 Å². The first-order valence-electron chi connectivity index (χ1n) is 10.2. The van der Waals surface area contributed by atoms with Gasteiger partial charge < -0.3 is 4.98 Å². The Hall–Kier alpha value is -3.22. The van der Waals surface area contributed by atoms with Gasteiger partial charge in [-0.05, 0) is 47.9 Å². The highest BCUT2D eigenvalue weighted by Gasteiger charge is 2.30. The van der Waals surface area contributed by atoms with Crippen LogP contribution in [-0.4, -0.2) is 30.5 Å². The molecule has 0 saturated heterocycles. The average Bonchev–Trinajstić information content (AvgIpc) is 3.16. The zero-order valence-corrected chi connectivity index (χ0v) is 17.9. The molecule has 0 aliphatic carbocycles. The molecular weight excluding hydrogens is 408 g/mol. The summed E-state index contributed by atoms with van der Waals surface area (Å²) < 4.78 is 28.0. The summed E-state index contributed by atoms with van der Waals surface area (Å²) in [6.45, 7) is 2.74. The van der Waals surface area contributed by atoms with Gasteiger partial charge in [-0.3, -0.25) is 4.79 Å². The molecule has 0 spiro atoms. The predicted molar refractivity (Wildman–Crippen MR) is 122 cm³/mol. The molecule has 4 aromatic rings. The summed E-state index contributed by atoms with van der Waals surface area (Å²) in [6.07, 6.45) is 1.48. The molecule has 5 rings (SSSR count). The molecule has 0 bridgehead atoms. The van der Waals surface area contributed by atoms with Gasteiger partial charge >= 0.3 is 0 Å². The van der Waals surface area contributed by atoms with Crippen LogP contribution in [0.2, 0.25) is 0 Å². The minimum atomic E-state index is -3.55. The number of aromatic nitrogens is 1. The van der Waals surface area contributed by atoms with Gasteiger partial charge in [-0.2, -0.15) is 4.31 Å². The van der Waals surface area contributed by atoms with Crippen molar-refractivity contribution in [2.75, 3.05) is 6.54 Å². The number of aldehydes is 1. The third kappa shape index (κ3) is 3.48. The summed E-state index contributed by atoms with van der Waals surface area (Å²) in [7, 11) is -3.55. The molecule has 1 aromatic heterocycles. The Bertz CT molecular complexity index is 1390. The second-order valence-corrected chi connectivity index (χ2v) is 9.92. The molecule has 31 heavy (non-hydrogen) atoms. The van der Waals surface area contributed by atoms with Crippen LogP contribution in [0.1, 0.15) is 27.2 Å². The summed E-state index contributed by atoms with van der Waals surface area (Å²) in [6, 6.07) is 20.7. The van der Waals surface area contributed by atoms with E-state index in [1.165, 1.54) is 0 Å². The van der Waals surface area contributed by atoms with Gasteiger partial charge in [0.05, 0.1) is 4.90 Å². The number of hydrogen-bond acceptors (Lipinski definition) is 3. The van der Waals surface area contributed by atoms with E-state index in [0.29, 0.717) is 30.0 Å². The van der Waals surface area contributed by atoms with Crippen LogP contribution in [0.5, 0.6) is 0 Å². The lowest BCUT2D eigenvalue weighted by Crippen LogP contribution is -2.35. The zero-order chi connectivity index (χ0) is 21.6. The summed E-state index contributed by atoms with van der Waals surface area (Å²) in [5.41, 5.74) is 6.86. The van der Waals surface area contributed by atoms with Crippen molar-refractivity contribution in [3.63, 3.8) is 0 Å². The molecule has 0 unspecified atom stereocenters. The number of rotatable bonds is 4. The Balaban J connectivity index is 1.52. The Kier molecular flexibility index (Phi) is 4.76. The van der Waals surface area contributed by atoms with E-state index in [1.807, 2.05) is 43.3 Å². The molecule has 0 fully saturated rings. The first kappa shape index (κ1) is 19.7. The fraction of sp³-hybridized carbons (Fsp3) is 0.160. The summed E-state index contributed by atoms with van der Waals surface area (Å²) >= 11 is 0. The van der Waals surface area contributed by atoms with Crippen LogP contribution in [0.15, 0.2) is 71.6 Å². The summed E-state index contributed by atoms with van der Waals surface area (Å²) in [5.74, 6) is 0. The van der Waals surface area contributed by atoms with Crippen LogP contribution in [0.3, 0.4) is 0 Å². The van der Waals surface area contributed by atoms with Crippen molar-refractivity contribution in [2.24, 2.45) is 0 Å². The fourth-order valence-corrected chi connectivity index (χ4v) is 5.60. The third-order valence-electron chi connectivity index (χ3n) is 5.98. The lowest BCUT2D eigenvalue weighted by molar-refractivity contribution is 0.112. The normalized spacial score (nSPS) is 14.5. The number of benzene rings is 3. The quantitative estimate of drug-likeness (QED) is 0.477. The van der Waals surface area contributed by atoms with Gasteiger partial charge in [0.1, 0.15) is 6.29 Å². The van der Waals surface area contributed by atoms with Gasteiger partial charge in [-0.1, -0.05) is 48.0 Å². The zero-order valence-electron chi connectivity index (χ0n) is 17.1. The van der Waals surface area contributed by atoms with Crippen molar-refractivity contribution in [1.82, 2.24) is 9.29 Å². The van der Waals surface area contributed by atoms with E-state index >= 15 is 0 Å². The molecule has 0 atom stereocenters. The average molecular weight is 431 g/mol. The van der Waals surface area contributed by atoms with Crippen LogP contribution in [0.25, 0.3) is 22.0 Å². The lowest BCUT2D eigenvalue weighted by atomic mass is 10.00. The second-order valence-electron chi connectivity index (χ2n) is 7.98. The van der Waals surface area contributed by atoms with E-state index in [1.54, 1.807) is 28.6 Å². The Morgan fingerprint density at radius 2 is 1.65 bits per heavy atom. The van der Waals surface area contributed by atoms with Gasteiger partial charge in [-0.15, -0.1) is 0 Å². The smallest absolute Gasteiger partial charge is 0.243 e. The van der Waals surface area contributed by atoms with Crippen LogP contribution in [0, 0.1) is 6.92 Å². The third-order valence-corrected chi connectivity index (χ3v) is 7.84. The molecule has 1 aliphatic heterocycles. The van der Waals surface area contributed by atoms with Gasteiger partial charge in [0.2, 0.25) is 10.0 Å². The maximum absolute atomic E-state index is 13.2. The number of nitrogens with zero attached hydrogens (tertiary/aromatic N) is 1. The minimum absolute atomic E-state index is 0.331. The van der Waals surface area contributed by atoms with Crippen LogP contribution in [0.4, 0.5) is 0 Å². The number of sulfonamides is 1. The Labute approximate surface area is 181 Å². The molecule has 1 N–H and O–H groups in total. The van der Waals surface area contributed by atoms with Crippen molar-refractivity contribution in [1.29, 1.82) is 0 Å². The van der Waals surface area contributed by atoms with Gasteiger partial charge in [0, 0.05) is 41.7 Å². The van der Waals surface area contributed by atoms with Gasteiger partial charge in [-0.25, -0.2) is 8.42 Å². The van der Waals surface area contributed by atoms with E-state index < -0.39 is 10.0 Å². The van der Waals surface area contributed by atoms with Crippen molar-refractivity contribution >= 4 is 27.2 Å². The van der Waals surface area contributed by atoms with Crippen LogP contribution in [-0.2, 0) is 23.0 Å². The van der Waals surface area contributed by atoms with E-state index in [4.69, 9.17) is 0 Å². The van der Waals surface area contributed by atoms with Crippen molar-refractivity contribution < 1.29 is 13.2 Å². The molecule has 2 heterocycles. The highest BCUT2D eigenvalue weighted by atomic mass is 32.2.